The van der Waals surface area contributed by atoms with E-state index in [0.29, 0.717) is 5.56 Å². The first kappa shape index (κ1) is 13.8. The zero-order valence-corrected chi connectivity index (χ0v) is 11.8. The number of hydrogen-bond acceptors (Lipinski definition) is 3. The number of halogens is 1. The van der Waals surface area contributed by atoms with E-state index in [9.17, 15) is 14.0 Å². The number of benzene rings is 1. The fourth-order valence-corrected chi connectivity index (χ4v) is 3.10. The molecule has 2 unspecified atom stereocenters. The normalized spacial score (nSPS) is 25.4. The number of hydrogen-bond donors (Lipinski definition) is 1. The molecule has 2 fully saturated rings. The van der Waals surface area contributed by atoms with Crippen LogP contribution in [0.15, 0.2) is 18.2 Å². The van der Waals surface area contributed by atoms with Crippen LogP contribution in [0, 0.1) is 34.9 Å². The maximum Gasteiger partial charge on any atom is 0.238 e. The van der Waals surface area contributed by atoms with Crippen molar-refractivity contribution in [3.8, 4) is 11.8 Å². The zero-order valence-electron chi connectivity index (χ0n) is 11.8. The average molecular weight is 286 g/mol. The van der Waals surface area contributed by atoms with Crippen LogP contribution in [0.4, 0.5) is 10.1 Å². The van der Waals surface area contributed by atoms with E-state index in [1.54, 1.807) is 6.07 Å². The first-order valence-corrected chi connectivity index (χ1v) is 6.76. The Morgan fingerprint density at radius 2 is 1.90 bits per heavy atom. The van der Waals surface area contributed by atoms with Crippen molar-refractivity contribution >= 4 is 17.5 Å². The molecule has 2 aliphatic rings. The lowest BCUT2D eigenvalue weighted by atomic mass is 10.0. The van der Waals surface area contributed by atoms with E-state index in [1.165, 1.54) is 12.1 Å². The molecule has 2 N–H and O–H groups in total. The van der Waals surface area contributed by atoms with Crippen molar-refractivity contribution in [1.29, 1.82) is 0 Å². The third kappa shape index (κ3) is 1.87. The Labute approximate surface area is 122 Å². The zero-order chi connectivity index (χ0) is 15.4. The van der Waals surface area contributed by atoms with Crippen molar-refractivity contribution in [1.82, 2.24) is 0 Å². The van der Waals surface area contributed by atoms with Gasteiger partial charge in [-0.25, -0.2) is 9.29 Å². The fourth-order valence-electron chi connectivity index (χ4n) is 3.10. The van der Waals surface area contributed by atoms with Crippen LogP contribution in [-0.4, -0.2) is 18.4 Å². The molecule has 5 heteroatoms. The Morgan fingerprint density at radius 1 is 1.29 bits per heavy atom. The molecule has 2 atom stereocenters. The molecule has 1 aliphatic carbocycles. The Hall–Kier alpha value is -2.19. The summed E-state index contributed by atoms with van der Waals surface area (Å²) in [6.07, 6.45) is 0. The molecule has 4 nitrogen and oxygen atoms in total. The smallest absolute Gasteiger partial charge is 0.238 e. The topological polar surface area (TPSA) is 63.4 Å². The van der Waals surface area contributed by atoms with Crippen molar-refractivity contribution in [3.63, 3.8) is 0 Å². The fraction of sp³-hybridized carbons (Fsp3) is 0.375. The van der Waals surface area contributed by atoms with Gasteiger partial charge in [0.2, 0.25) is 11.8 Å². The first-order chi connectivity index (χ1) is 9.89. The molecule has 2 amide bonds. The Balaban J connectivity index is 1.93. The molecule has 1 aromatic carbocycles. The monoisotopic (exact) mass is 286 g/mol. The van der Waals surface area contributed by atoms with E-state index in [4.69, 9.17) is 5.73 Å². The molecule has 0 spiro atoms. The maximum absolute atomic E-state index is 14.2. The lowest BCUT2D eigenvalue weighted by Crippen LogP contribution is -2.36. The van der Waals surface area contributed by atoms with E-state index >= 15 is 0 Å². The number of anilines is 1. The predicted molar refractivity (Wildman–Crippen MR) is 75.6 cm³/mol. The van der Waals surface area contributed by atoms with Crippen LogP contribution in [-0.2, 0) is 9.59 Å². The summed E-state index contributed by atoms with van der Waals surface area (Å²) in [7, 11) is 0. The maximum atomic E-state index is 14.2. The van der Waals surface area contributed by atoms with Crippen molar-refractivity contribution in [2.24, 2.45) is 23.0 Å². The summed E-state index contributed by atoms with van der Waals surface area (Å²) >= 11 is 0. The molecule has 1 saturated carbocycles. The molecule has 1 aliphatic heterocycles. The molecule has 108 valence electrons. The van der Waals surface area contributed by atoms with Gasteiger partial charge in [0.15, 0.2) is 0 Å². The van der Waals surface area contributed by atoms with Crippen molar-refractivity contribution in [2.75, 3.05) is 11.4 Å². The van der Waals surface area contributed by atoms with E-state index in [-0.39, 0.29) is 41.3 Å². The highest BCUT2D eigenvalue weighted by Gasteiger charge is 2.72. The van der Waals surface area contributed by atoms with Crippen LogP contribution in [0.25, 0.3) is 0 Å². The van der Waals surface area contributed by atoms with Gasteiger partial charge in [-0.15, -0.1) is 0 Å². The third-order valence-electron chi connectivity index (χ3n) is 4.32. The quantitative estimate of drug-likeness (QED) is 0.625. The lowest BCUT2D eigenvalue weighted by Gasteiger charge is -2.21. The predicted octanol–water partition coefficient (Wildman–Crippen LogP) is 1.28. The second-order valence-corrected chi connectivity index (χ2v) is 5.96. The van der Waals surface area contributed by atoms with Gasteiger partial charge in [-0.1, -0.05) is 25.7 Å². The van der Waals surface area contributed by atoms with Crippen molar-refractivity contribution in [3.05, 3.63) is 29.6 Å². The summed E-state index contributed by atoms with van der Waals surface area (Å²) in [6, 6.07) is 4.22. The first-order valence-electron chi connectivity index (χ1n) is 6.76. The van der Waals surface area contributed by atoms with Crippen LogP contribution < -0.4 is 10.6 Å². The number of amides is 2. The van der Waals surface area contributed by atoms with E-state index < -0.39 is 5.82 Å². The van der Waals surface area contributed by atoms with Gasteiger partial charge < -0.3 is 5.73 Å². The molecule has 3 rings (SSSR count). The van der Waals surface area contributed by atoms with E-state index in [0.717, 1.165) is 4.90 Å². The largest absolute Gasteiger partial charge is 0.320 e. The molecular formula is C16H15FN2O2. The standard InChI is InChI=1S/C16H15FN2O2/c1-16(2)12-13(16)15(21)19(14(12)20)11-6-5-9(4-3-7-18)8-10(11)17/h5-6,8,12-13H,7,18H2,1-2H3. The summed E-state index contributed by atoms with van der Waals surface area (Å²) in [4.78, 5) is 25.5. The molecule has 1 saturated heterocycles. The third-order valence-corrected chi connectivity index (χ3v) is 4.32. The molecule has 0 radical (unpaired) electrons. The van der Waals surface area contributed by atoms with Gasteiger partial charge in [0.1, 0.15) is 5.82 Å². The van der Waals surface area contributed by atoms with Gasteiger partial charge in [-0.3, -0.25) is 9.59 Å². The van der Waals surface area contributed by atoms with Crippen LogP contribution >= 0.6 is 0 Å². The van der Waals surface area contributed by atoms with Gasteiger partial charge >= 0.3 is 0 Å². The summed E-state index contributed by atoms with van der Waals surface area (Å²) in [5.41, 5.74) is 5.43. The highest BCUT2D eigenvalue weighted by Crippen LogP contribution is 2.63. The lowest BCUT2D eigenvalue weighted by molar-refractivity contribution is -0.125. The molecule has 1 heterocycles. The SMILES string of the molecule is CC1(C)C2C(=O)N(c3ccc(C#CCN)cc3F)C(=O)C21. The number of fused-ring (bicyclic) bond motifs is 1. The number of rotatable bonds is 1. The summed E-state index contributed by atoms with van der Waals surface area (Å²) < 4.78 is 14.2. The van der Waals surface area contributed by atoms with Crippen molar-refractivity contribution in [2.45, 2.75) is 13.8 Å². The van der Waals surface area contributed by atoms with Crippen LogP contribution in [0.5, 0.6) is 0 Å². The molecule has 0 aromatic heterocycles. The number of nitrogens with zero attached hydrogens (tertiary/aromatic N) is 1. The average Bonchev–Trinajstić information content (AvgIpc) is 2.89. The highest BCUT2D eigenvalue weighted by atomic mass is 19.1. The van der Waals surface area contributed by atoms with Gasteiger partial charge in [0, 0.05) is 5.56 Å². The summed E-state index contributed by atoms with van der Waals surface area (Å²) in [6.45, 7) is 3.96. The number of nitrogens with two attached hydrogens (primary N) is 1. The van der Waals surface area contributed by atoms with Crippen LogP contribution in [0.3, 0.4) is 0 Å². The number of imide groups is 1. The van der Waals surface area contributed by atoms with Gasteiger partial charge in [0.05, 0.1) is 24.1 Å². The van der Waals surface area contributed by atoms with Crippen LogP contribution in [0.2, 0.25) is 0 Å². The molecule has 21 heavy (non-hydrogen) atoms. The van der Waals surface area contributed by atoms with E-state index in [1.807, 2.05) is 13.8 Å². The Kier molecular flexibility index (Phi) is 2.89. The number of piperidine rings is 1. The number of carbonyl (C=O) groups excluding carboxylic acids is 2. The van der Waals surface area contributed by atoms with Gasteiger partial charge in [-0.05, 0) is 23.6 Å². The summed E-state index contributed by atoms with van der Waals surface area (Å²) in [5.74, 6) is 3.46. The van der Waals surface area contributed by atoms with Crippen LogP contribution in [0.1, 0.15) is 19.4 Å². The van der Waals surface area contributed by atoms with Crippen molar-refractivity contribution < 1.29 is 14.0 Å². The number of carbonyl (C=O) groups is 2. The molecule has 0 bridgehead atoms. The Bertz CT molecular complexity index is 691. The van der Waals surface area contributed by atoms with Gasteiger partial charge in [0.25, 0.3) is 0 Å². The highest BCUT2D eigenvalue weighted by molar-refractivity contribution is 6.25. The molecular weight excluding hydrogens is 271 g/mol. The van der Waals surface area contributed by atoms with Gasteiger partial charge in [-0.2, -0.15) is 0 Å². The molecule has 1 aromatic rings. The Morgan fingerprint density at radius 3 is 2.43 bits per heavy atom. The second-order valence-electron chi connectivity index (χ2n) is 5.96. The minimum atomic E-state index is -0.625. The summed E-state index contributed by atoms with van der Waals surface area (Å²) in [5, 5.41) is 0. The second kappa shape index (κ2) is 4.40. The minimum absolute atomic E-state index is 0.00583. The van der Waals surface area contributed by atoms with E-state index in [2.05, 4.69) is 11.8 Å². The minimum Gasteiger partial charge on any atom is -0.320 e.